The number of carboxylic acids is 1. The van der Waals surface area contributed by atoms with Gasteiger partial charge in [-0.3, -0.25) is 0 Å². The number of benzene rings is 1. The zero-order valence-corrected chi connectivity index (χ0v) is 11.4. The zero-order valence-electron chi connectivity index (χ0n) is 11.4. The Balaban J connectivity index is 2.04. The van der Waals surface area contributed by atoms with Crippen molar-refractivity contribution in [3.63, 3.8) is 0 Å². The van der Waals surface area contributed by atoms with Crippen LogP contribution in [-0.4, -0.2) is 29.9 Å². The second-order valence-corrected chi connectivity index (χ2v) is 5.37. The molecule has 0 amide bonds. The molecule has 1 aromatic rings. The Kier molecular flexibility index (Phi) is 4.10. The molecule has 0 saturated carbocycles. The molecule has 0 spiro atoms. The van der Waals surface area contributed by atoms with Gasteiger partial charge in [0, 0.05) is 13.2 Å². The predicted octanol–water partition coefficient (Wildman–Crippen LogP) is 2.82. The fraction of sp³-hybridized carbons (Fsp3) is 0.533. The van der Waals surface area contributed by atoms with Crippen molar-refractivity contribution in [2.45, 2.75) is 38.2 Å². The molecule has 104 valence electrons. The van der Waals surface area contributed by atoms with Crippen LogP contribution in [0, 0.1) is 0 Å². The fourth-order valence-corrected chi connectivity index (χ4v) is 2.18. The second kappa shape index (κ2) is 5.61. The maximum atomic E-state index is 11.0. The summed E-state index contributed by atoms with van der Waals surface area (Å²) >= 11 is 0. The van der Waals surface area contributed by atoms with Gasteiger partial charge in [0.15, 0.2) is 5.60 Å². The number of carboxylic acid groups (broad SMARTS) is 1. The lowest BCUT2D eigenvalue weighted by atomic mass is 9.92. The Bertz CT molecular complexity index is 430. The van der Waals surface area contributed by atoms with Gasteiger partial charge in [0.05, 0.1) is 0 Å². The first kappa shape index (κ1) is 13.9. The summed E-state index contributed by atoms with van der Waals surface area (Å²) in [4.78, 5) is 11.0. The average molecular weight is 264 g/mol. The minimum Gasteiger partial charge on any atom is -0.478 e. The van der Waals surface area contributed by atoms with Crippen LogP contribution >= 0.6 is 0 Å². The van der Waals surface area contributed by atoms with Crippen LogP contribution in [0.3, 0.4) is 0 Å². The summed E-state index contributed by atoms with van der Waals surface area (Å²) in [6.07, 6.45) is 2.08. The lowest BCUT2D eigenvalue weighted by Crippen LogP contribution is -2.37. The molecule has 0 radical (unpaired) electrons. The van der Waals surface area contributed by atoms with Crippen molar-refractivity contribution in [1.29, 1.82) is 0 Å². The Hall–Kier alpha value is -1.55. The summed E-state index contributed by atoms with van der Waals surface area (Å²) in [6.45, 7) is 4.72. The summed E-state index contributed by atoms with van der Waals surface area (Å²) in [7, 11) is 0. The molecule has 0 atom stereocenters. The van der Waals surface area contributed by atoms with Crippen molar-refractivity contribution in [2.24, 2.45) is 0 Å². The molecular formula is C15H20O4. The van der Waals surface area contributed by atoms with E-state index >= 15 is 0 Å². The normalized spacial score (nSPS) is 17.2. The van der Waals surface area contributed by atoms with E-state index in [1.165, 1.54) is 5.56 Å². The molecule has 0 aromatic heterocycles. The maximum Gasteiger partial charge on any atom is 0.347 e. The summed E-state index contributed by atoms with van der Waals surface area (Å²) < 4.78 is 10.8. The van der Waals surface area contributed by atoms with E-state index in [9.17, 15) is 4.79 Å². The molecule has 4 heteroatoms. The number of carbonyl (C=O) groups is 1. The van der Waals surface area contributed by atoms with E-state index in [1.807, 2.05) is 24.3 Å². The SMILES string of the molecule is CC(C)(Oc1ccc(C2CCOCC2)cc1)C(=O)O. The quantitative estimate of drug-likeness (QED) is 0.908. The van der Waals surface area contributed by atoms with Crippen LogP contribution in [0.5, 0.6) is 5.75 Å². The van der Waals surface area contributed by atoms with E-state index in [4.69, 9.17) is 14.6 Å². The van der Waals surface area contributed by atoms with E-state index in [1.54, 1.807) is 13.8 Å². The molecule has 1 aliphatic heterocycles. The number of rotatable bonds is 4. The summed E-state index contributed by atoms with van der Waals surface area (Å²) in [5.41, 5.74) is 0.0593. The van der Waals surface area contributed by atoms with Gasteiger partial charge in [-0.1, -0.05) is 12.1 Å². The number of hydrogen-bond donors (Lipinski definition) is 1. The Labute approximate surface area is 113 Å². The highest BCUT2D eigenvalue weighted by Gasteiger charge is 2.29. The minimum absolute atomic E-state index is 0.537. The number of aliphatic carboxylic acids is 1. The molecule has 19 heavy (non-hydrogen) atoms. The summed E-state index contributed by atoms with van der Waals surface area (Å²) in [5.74, 6) is 0.152. The van der Waals surface area contributed by atoms with Gasteiger partial charge < -0.3 is 14.6 Å². The largest absolute Gasteiger partial charge is 0.478 e. The van der Waals surface area contributed by atoms with Crippen molar-refractivity contribution in [3.8, 4) is 5.75 Å². The van der Waals surface area contributed by atoms with Crippen LogP contribution < -0.4 is 4.74 Å². The lowest BCUT2D eigenvalue weighted by Gasteiger charge is -2.24. The molecule has 1 aliphatic rings. The highest BCUT2D eigenvalue weighted by Crippen LogP contribution is 2.29. The van der Waals surface area contributed by atoms with E-state index in [-0.39, 0.29) is 0 Å². The molecule has 1 aromatic carbocycles. The number of ether oxygens (including phenoxy) is 2. The van der Waals surface area contributed by atoms with Gasteiger partial charge in [-0.15, -0.1) is 0 Å². The van der Waals surface area contributed by atoms with Gasteiger partial charge >= 0.3 is 5.97 Å². The van der Waals surface area contributed by atoms with E-state index in [0.717, 1.165) is 26.1 Å². The van der Waals surface area contributed by atoms with Crippen LogP contribution in [-0.2, 0) is 9.53 Å². The summed E-state index contributed by atoms with van der Waals surface area (Å²) in [6, 6.07) is 7.72. The first-order chi connectivity index (χ1) is 8.99. The van der Waals surface area contributed by atoms with Gasteiger partial charge in [-0.25, -0.2) is 4.79 Å². The van der Waals surface area contributed by atoms with E-state index < -0.39 is 11.6 Å². The monoisotopic (exact) mass is 264 g/mol. The van der Waals surface area contributed by atoms with Gasteiger partial charge in [-0.2, -0.15) is 0 Å². The highest BCUT2D eigenvalue weighted by molar-refractivity contribution is 5.76. The third kappa shape index (κ3) is 3.47. The fourth-order valence-electron chi connectivity index (χ4n) is 2.18. The standard InChI is InChI=1S/C15H20O4/c1-15(2,14(16)17)19-13-5-3-11(4-6-13)12-7-9-18-10-8-12/h3-6,12H,7-10H2,1-2H3,(H,16,17). The molecule has 1 heterocycles. The molecule has 1 N–H and O–H groups in total. The van der Waals surface area contributed by atoms with Crippen molar-refractivity contribution in [1.82, 2.24) is 0 Å². The molecule has 0 bridgehead atoms. The Morgan fingerprint density at radius 1 is 1.26 bits per heavy atom. The first-order valence-corrected chi connectivity index (χ1v) is 6.59. The van der Waals surface area contributed by atoms with Crippen LogP contribution in [0.15, 0.2) is 24.3 Å². The number of hydrogen-bond acceptors (Lipinski definition) is 3. The summed E-state index contributed by atoms with van der Waals surface area (Å²) in [5, 5.41) is 9.02. The van der Waals surface area contributed by atoms with Crippen molar-refractivity contribution in [2.75, 3.05) is 13.2 Å². The van der Waals surface area contributed by atoms with Crippen LogP contribution in [0.25, 0.3) is 0 Å². The van der Waals surface area contributed by atoms with Gasteiger partial charge in [0.25, 0.3) is 0 Å². The van der Waals surface area contributed by atoms with Gasteiger partial charge in [-0.05, 0) is 50.3 Å². The molecule has 4 nitrogen and oxygen atoms in total. The Morgan fingerprint density at radius 3 is 2.37 bits per heavy atom. The third-order valence-electron chi connectivity index (χ3n) is 3.46. The van der Waals surface area contributed by atoms with Crippen LogP contribution in [0.4, 0.5) is 0 Å². The topological polar surface area (TPSA) is 55.8 Å². The van der Waals surface area contributed by atoms with Crippen molar-refractivity contribution >= 4 is 5.97 Å². The van der Waals surface area contributed by atoms with Gasteiger partial charge in [0.2, 0.25) is 0 Å². The van der Waals surface area contributed by atoms with Gasteiger partial charge in [0.1, 0.15) is 5.75 Å². The van der Waals surface area contributed by atoms with Crippen molar-refractivity contribution in [3.05, 3.63) is 29.8 Å². The van der Waals surface area contributed by atoms with Crippen LogP contribution in [0.1, 0.15) is 38.2 Å². The average Bonchev–Trinajstić information content (AvgIpc) is 2.40. The first-order valence-electron chi connectivity index (χ1n) is 6.59. The highest BCUT2D eigenvalue weighted by atomic mass is 16.5. The maximum absolute atomic E-state index is 11.0. The Morgan fingerprint density at radius 2 is 1.84 bits per heavy atom. The third-order valence-corrected chi connectivity index (χ3v) is 3.46. The lowest BCUT2D eigenvalue weighted by molar-refractivity contribution is -0.152. The van der Waals surface area contributed by atoms with E-state index in [0.29, 0.717) is 11.7 Å². The molecule has 0 unspecified atom stereocenters. The molecule has 0 aliphatic carbocycles. The van der Waals surface area contributed by atoms with Crippen molar-refractivity contribution < 1.29 is 19.4 Å². The van der Waals surface area contributed by atoms with Crippen LogP contribution in [0.2, 0.25) is 0 Å². The second-order valence-electron chi connectivity index (χ2n) is 5.37. The molecular weight excluding hydrogens is 244 g/mol. The molecule has 1 saturated heterocycles. The minimum atomic E-state index is -1.21. The predicted molar refractivity (Wildman–Crippen MR) is 71.6 cm³/mol. The smallest absolute Gasteiger partial charge is 0.347 e. The zero-order chi connectivity index (χ0) is 13.9. The van der Waals surface area contributed by atoms with E-state index in [2.05, 4.69) is 0 Å². The molecule has 1 fully saturated rings. The molecule has 2 rings (SSSR count).